The van der Waals surface area contributed by atoms with E-state index in [4.69, 9.17) is 26.2 Å². The zero-order chi connectivity index (χ0) is 22.4. The molecule has 2 aromatic rings. The van der Waals surface area contributed by atoms with Gasteiger partial charge in [-0.15, -0.1) is 0 Å². The van der Waals surface area contributed by atoms with Gasteiger partial charge in [0, 0.05) is 17.3 Å². The average Bonchev–Trinajstić information content (AvgIpc) is 3.29. The predicted molar refractivity (Wildman–Crippen MR) is 115 cm³/mol. The Labute approximate surface area is 186 Å². The van der Waals surface area contributed by atoms with E-state index < -0.39 is 23.2 Å². The Bertz CT molecular complexity index is 1040. The molecule has 31 heavy (non-hydrogen) atoms. The summed E-state index contributed by atoms with van der Waals surface area (Å²) in [6, 6.07) is 1.78. The molecule has 1 saturated carbocycles. The maximum absolute atomic E-state index is 12.9. The van der Waals surface area contributed by atoms with Gasteiger partial charge in [0.05, 0.1) is 24.4 Å². The molecule has 0 bridgehead atoms. The van der Waals surface area contributed by atoms with E-state index in [1.165, 1.54) is 0 Å². The number of ether oxygens (including phenoxy) is 2. The van der Waals surface area contributed by atoms with Gasteiger partial charge in [-0.3, -0.25) is 4.68 Å². The van der Waals surface area contributed by atoms with Crippen LogP contribution in [0.25, 0.3) is 11.3 Å². The Kier molecular flexibility index (Phi) is 5.45. The third-order valence-corrected chi connectivity index (χ3v) is 5.65. The number of amides is 1. The van der Waals surface area contributed by atoms with Gasteiger partial charge in [-0.05, 0) is 65.0 Å². The van der Waals surface area contributed by atoms with Gasteiger partial charge in [-0.2, -0.15) is 5.10 Å². The van der Waals surface area contributed by atoms with Crippen LogP contribution in [0.1, 0.15) is 62.2 Å². The number of carbonyl (C=O) groups excluding carboxylic acids is 2. The molecule has 0 atom stereocenters. The van der Waals surface area contributed by atoms with Crippen molar-refractivity contribution in [2.45, 2.75) is 71.1 Å². The standard InChI is InChI=1S/C22H27ClN4O4/c1-5-30-19(28)18-14-7-6-13-11-24-16(23)10-15(13)17(14)26-27(18)12-22(8-9-22)25-20(29)31-21(2,3)4/h10-11H,5-9,12H2,1-4H3,(H,25,29). The molecule has 0 saturated heterocycles. The minimum Gasteiger partial charge on any atom is -0.461 e. The fourth-order valence-electron chi connectivity index (χ4n) is 3.91. The minimum absolute atomic E-state index is 0.270. The van der Waals surface area contributed by atoms with Gasteiger partial charge in [0.15, 0.2) is 0 Å². The number of pyridine rings is 1. The first-order valence-electron chi connectivity index (χ1n) is 10.5. The fraction of sp³-hybridized carbons (Fsp3) is 0.545. The second kappa shape index (κ2) is 7.82. The third kappa shape index (κ3) is 4.54. The van der Waals surface area contributed by atoms with Crippen molar-refractivity contribution in [2.24, 2.45) is 0 Å². The quantitative estimate of drug-likeness (QED) is 0.552. The van der Waals surface area contributed by atoms with Gasteiger partial charge in [0.1, 0.15) is 16.4 Å². The van der Waals surface area contributed by atoms with Crippen LogP contribution in [0.2, 0.25) is 5.15 Å². The van der Waals surface area contributed by atoms with Crippen LogP contribution >= 0.6 is 11.6 Å². The number of fused-ring (bicyclic) bond motifs is 3. The van der Waals surface area contributed by atoms with Crippen LogP contribution in [-0.2, 0) is 28.9 Å². The van der Waals surface area contributed by atoms with Crippen molar-refractivity contribution >= 4 is 23.7 Å². The highest BCUT2D eigenvalue weighted by Gasteiger charge is 2.47. The molecular weight excluding hydrogens is 420 g/mol. The second-order valence-electron chi connectivity index (χ2n) is 9.13. The zero-order valence-corrected chi connectivity index (χ0v) is 19.0. The average molecular weight is 447 g/mol. The SMILES string of the molecule is CCOC(=O)c1c2c(nn1CC1(NC(=O)OC(C)(C)C)CC1)-c1cc(Cl)ncc1CC2. The van der Waals surface area contributed by atoms with Gasteiger partial charge in [-0.25, -0.2) is 14.6 Å². The first-order valence-corrected chi connectivity index (χ1v) is 10.9. The molecule has 2 aromatic heterocycles. The summed E-state index contributed by atoms with van der Waals surface area (Å²) in [7, 11) is 0. The minimum atomic E-state index is -0.585. The third-order valence-electron chi connectivity index (χ3n) is 5.44. The number of esters is 1. The number of aromatic nitrogens is 3. The Hall–Kier alpha value is -2.61. The lowest BCUT2D eigenvalue weighted by molar-refractivity contribution is 0.0488. The van der Waals surface area contributed by atoms with Gasteiger partial charge in [0.25, 0.3) is 0 Å². The van der Waals surface area contributed by atoms with E-state index in [-0.39, 0.29) is 6.61 Å². The van der Waals surface area contributed by atoms with Gasteiger partial charge >= 0.3 is 12.1 Å². The van der Waals surface area contributed by atoms with Crippen LogP contribution in [0.3, 0.4) is 0 Å². The number of nitrogens with zero attached hydrogens (tertiary/aromatic N) is 3. The highest BCUT2D eigenvalue weighted by Crippen LogP contribution is 2.40. The van der Waals surface area contributed by atoms with Crippen molar-refractivity contribution in [2.75, 3.05) is 6.61 Å². The fourth-order valence-corrected chi connectivity index (χ4v) is 4.07. The summed E-state index contributed by atoms with van der Waals surface area (Å²) in [5.74, 6) is -0.409. The van der Waals surface area contributed by atoms with E-state index in [2.05, 4.69) is 10.3 Å². The molecule has 1 amide bonds. The number of halogens is 1. The smallest absolute Gasteiger partial charge is 0.408 e. The summed E-state index contributed by atoms with van der Waals surface area (Å²) in [6.45, 7) is 7.88. The molecule has 8 nitrogen and oxygen atoms in total. The van der Waals surface area contributed by atoms with Crippen LogP contribution in [0.5, 0.6) is 0 Å². The summed E-state index contributed by atoms with van der Waals surface area (Å²) in [6.07, 6.45) is 4.26. The van der Waals surface area contributed by atoms with Crippen LogP contribution in [-0.4, -0.2) is 44.6 Å². The van der Waals surface area contributed by atoms with Crippen molar-refractivity contribution in [3.05, 3.63) is 34.2 Å². The van der Waals surface area contributed by atoms with Gasteiger partial charge < -0.3 is 14.8 Å². The van der Waals surface area contributed by atoms with E-state index in [1.807, 2.05) is 20.8 Å². The zero-order valence-electron chi connectivity index (χ0n) is 18.2. The number of nitrogens with one attached hydrogen (secondary N) is 1. The van der Waals surface area contributed by atoms with Crippen molar-refractivity contribution < 1.29 is 19.1 Å². The topological polar surface area (TPSA) is 95.3 Å². The van der Waals surface area contributed by atoms with Gasteiger partial charge in [0.2, 0.25) is 0 Å². The van der Waals surface area contributed by atoms with Crippen LogP contribution in [0.4, 0.5) is 4.79 Å². The Morgan fingerprint density at radius 3 is 2.68 bits per heavy atom. The molecule has 1 fully saturated rings. The number of aryl methyl sites for hydroxylation is 1. The number of hydrogen-bond donors (Lipinski definition) is 1. The lowest BCUT2D eigenvalue weighted by Crippen LogP contribution is -2.43. The molecule has 0 aliphatic heterocycles. The first-order chi connectivity index (χ1) is 14.6. The summed E-state index contributed by atoms with van der Waals surface area (Å²) < 4.78 is 12.4. The highest BCUT2D eigenvalue weighted by molar-refractivity contribution is 6.29. The number of carbonyl (C=O) groups is 2. The van der Waals surface area contributed by atoms with Crippen LogP contribution in [0.15, 0.2) is 12.3 Å². The lowest BCUT2D eigenvalue weighted by atomic mass is 9.90. The molecule has 0 unspecified atom stereocenters. The van der Waals surface area contributed by atoms with E-state index in [1.54, 1.807) is 23.9 Å². The van der Waals surface area contributed by atoms with E-state index >= 15 is 0 Å². The summed E-state index contributed by atoms with van der Waals surface area (Å²) in [5, 5.41) is 8.13. The van der Waals surface area contributed by atoms with Crippen molar-refractivity contribution in [1.82, 2.24) is 20.1 Å². The molecule has 166 valence electrons. The normalized spacial score (nSPS) is 16.2. The maximum atomic E-state index is 12.9. The molecule has 0 radical (unpaired) electrons. The second-order valence-corrected chi connectivity index (χ2v) is 9.51. The maximum Gasteiger partial charge on any atom is 0.408 e. The highest BCUT2D eigenvalue weighted by atomic mass is 35.5. The van der Waals surface area contributed by atoms with Crippen LogP contribution in [0, 0.1) is 0 Å². The molecule has 0 spiro atoms. The largest absolute Gasteiger partial charge is 0.461 e. The monoisotopic (exact) mass is 446 g/mol. The van der Waals surface area contributed by atoms with E-state index in [9.17, 15) is 9.59 Å². The predicted octanol–water partition coefficient (Wildman–Crippen LogP) is 3.93. The number of rotatable bonds is 5. The Morgan fingerprint density at radius 1 is 1.29 bits per heavy atom. The van der Waals surface area contributed by atoms with Crippen molar-refractivity contribution in [3.8, 4) is 11.3 Å². The molecule has 9 heteroatoms. The first kappa shape index (κ1) is 21.6. The molecule has 1 N–H and O–H groups in total. The summed E-state index contributed by atoms with van der Waals surface area (Å²) in [4.78, 5) is 29.4. The van der Waals surface area contributed by atoms with E-state index in [0.717, 1.165) is 41.6 Å². The molecular formula is C22H27ClN4O4. The molecule has 2 aliphatic rings. The van der Waals surface area contributed by atoms with E-state index in [0.29, 0.717) is 23.8 Å². The lowest BCUT2D eigenvalue weighted by Gasteiger charge is -2.23. The summed E-state index contributed by atoms with van der Waals surface area (Å²) >= 11 is 6.13. The number of alkyl carbamates (subject to hydrolysis) is 1. The number of hydrogen-bond acceptors (Lipinski definition) is 6. The Balaban J connectivity index is 1.68. The Morgan fingerprint density at radius 2 is 2.03 bits per heavy atom. The van der Waals surface area contributed by atoms with Gasteiger partial charge in [-0.1, -0.05) is 11.6 Å². The van der Waals surface area contributed by atoms with Crippen molar-refractivity contribution in [3.63, 3.8) is 0 Å². The van der Waals surface area contributed by atoms with Crippen LogP contribution < -0.4 is 5.32 Å². The molecule has 0 aromatic carbocycles. The summed E-state index contributed by atoms with van der Waals surface area (Å²) in [5.41, 5.74) is 2.87. The molecule has 2 heterocycles. The van der Waals surface area contributed by atoms with Crippen molar-refractivity contribution in [1.29, 1.82) is 0 Å². The molecule has 2 aliphatic carbocycles. The molecule has 4 rings (SSSR count).